The van der Waals surface area contributed by atoms with E-state index >= 15 is 9.59 Å². The molecule has 2 heterocycles. The van der Waals surface area contributed by atoms with Gasteiger partial charge in [-0.3, -0.25) is 9.59 Å². The van der Waals surface area contributed by atoms with Gasteiger partial charge in [-0.2, -0.15) is 0 Å². The molecule has 79 heavy (non-hydrogen) atoms. The number of amidine groups is 2. The van der Waals surface area contributed by atoms with E-state index in [1.807, 2.05) is 102 Å². The molecule has 2 amide bonds. The molecular formula is C68H101N5O6. The number of aliphatic imine (C=N–C) groups is 2. The molecule has 11 nitrogen and oxygen atoms in total. The molecule has 1 aliphatic heterocycles. The summed E-state index contributed by atoms with van der Waals surface area (Å²) in [5.74, 6) is 0.0113. The van der Waals surface area contributed by atoms with Crippen LogP contribution in [-0.2, 0) is 23.9 Å². The van der Waals surface area contributed by atoms with E-state index < -0.39 is 35.0 Å². The van der Waals surface area contributed by atoms with E-state index in [4.69, 9.17) is 19.5 Å². The van der Waals surface area contributed by atoms with Gasteiger partial charge in [0.15, 0.2) is 11.7 Å². The Labute approximate surface area is 476 Å². The maximum atomic E-state index is 15.8. The van der Waals surface area contributed by atoms with Crippen LogP contribution >= 0.6 is 0 Å². The molecule has 3 aromatic rings. The molecule has 0 bridgehead atoms. The van der Waals surface area contributed by atoms with Crippen LogP contribution < -0.4 is 10.6 Å². The first-order valence-electron chi connectivity index (χ1n) is 30.2. The Morgan fingerprint density at radius 3 is 1.29 bits per heavy atom. The second kappa shape index (κ2) is 24.4. The lowest BCUT2D eigenvalue weighted by Crippen LogP contribution is -2.50. The third kappa shape index (κ3) is 13.4. The zero-order chi connectivity index (χ0) is 58.8. The third-order valence-corrected chi connectivity index (χ3v) is 19.3. The monoisotopic (exact) mass is 1080 g/mol. The fourth-order valence-electron chi connectivity index (χ4n) is 13.6. The molecule has 0 spiro atoms. The summed E-state index contributed by atoms with van der Waals surface area (Å²) in [6.07, 6.45) is 6.23. The Kier molecular flexibility index (Phi) is 19.4. The van der Waals surface area contributed by atoms with Crippen molar-refractivity contribution in [1.29, 1.82) is 0 Å². The predicted molar refractivity (Wildman–Crippen MR) is 325 cm³/mol. The molecule has 4 atom stereocenters. The van der Waals surface area contributed by atoms with Gasteiger partial charge in [0.1, 0.15) is 35.0 Å². The van der Waals surface area contributed by atoms with E-state index in [-0.39, 0.29) is 91.6 Å². The SMILES string of the molecule is CCC(CC)(CC)C(=O)NC1=NC(=Nc2[nH]c(NC(=O)C(CC)(CC)CC)c(C(=O)OC3C(C(C)(C)C)CC(C)CC3C(C)(C)C)c2-c2ccccc2)C(c2ccccc2)=C1C(=O)OC1C(C(C)(C)C)CC(C)CC1C(C)(C)C. The molecule has 0 radical (unpaired) electrons. The standard InChI is InChI=1S/C68H101N5O6/c1-21-67(22-2,23-3)61(76)72-57-51(59(74)78-53-45(63(9,10)11)37-41(7)38-46(53)64(12,13)14)49(43-33-29-27-30-34-43)55(70-57)69-56-50(44-35-31-28-32-36-44)52(58(71-56)73-62(77)68(24-4,25-5)26-6)60(75)79-54-47(65(15,16)17)39-42(8)40-48(54)66(18,19)20/h27-36,41-42,45-48,53-54,70H,21-26,37-40H2,1-20H3,(H,72,76)(H,69,71,73,77). The van der Waals surface area contributed by atoms with Crippen LogP contribution in [0.25, 0.3) is 16.7 Å². The molecular weight excluding hydrogens is 983 g/mol. The molecule has 2 saturated carbocycles. The summed E-state index contributed by atoms with van der Waals surface area (Å²) in [4.78, 5) is 75.5. The summed E-state index contributed by atoms with van der Waals surface area (Å²) in [6, 6.07) is 19.1. The highest BCUT2D eigenvalue weighted by Gasteiger charge is 2.51. The molecule has 2 fully saturated rings. The number of benzene rings is 2. The van der Waals surface area contributed by atoms with Crippen LogP contribution in [0.1, 0.15) is 219 Å². The first-order valence-corrected chi connectivity index (χ1v) is 30.2. The van der Waals surface area contributed by atoms with Gasteiger partial charge >= 0.3 is 11.9 Å². The van der Waals surface area contributed by atoms with Gasteiger partial charge in [-0.25, -0.2) is 19.6 Å². The van der Waals surface area contributed by atoms with Crippen LogP contribution in [0.3, 0.4) is 0 Å². The number of ether oxygens (including phenoxy) is 2. The number of carbonyl (C=O) groups is 4. The van der Waals surface area contributed by atoms with Crippen LogP contribution in [0.15, 0.2) is 76.2 Å². The molecule has 1 aromatic heterocycles. The average molecular weight is 1080 g/mol. The maximum Gasteiger partial charge on any atom is 0.343 e. The number of aromatic amines is 1. The number of hydrogen-bond acceptors (Lipinski definition) is 7. The molecule has 3 N–H and O–H groups in total. The molecule has 434 valence electrons. The lowest BCUT2D eigenvalue weighted by molar-refractivity contribution is -0.164. The van der Waals surface area contributed by atoms with Crippen LogP contribution in [0.5, 0.6) is 0 Å². The Balaban J connectivity index is 1.70. The summed E-state index contributed by atoms with van der Waals surface area (Å²) in [7, 11) is 0. The van der Waals surface area contributed by atoms with Crippen LogP contribution in [0, 0.1) is 68.0 Å². The van der Waals surface area contributed by atoms with Gasteiger partial charge in [0.25, 0.3) is 0 Å². The second-order valence-electron chi connectivity index (χ2n) is 28.3. The van der Waals surface area contributed by atoms with Gasteiger partial charge in [0, 0.05) is 45.6 Å². The van der Waals surface area contributed by atoms with Crippen molar-refractivity contribution in [2.45, 2.75) is 215 Å². The van der Waals surface area contributed by atoms with Gasteiger partial charge in [-0.15, -0.1) is 0 Å². The fraction of sp³-hybridized carbons (Fsp3) is 0.647. The Morgan fingerprint density at radius 1 is 0.544 bits per heavy atom. The first-order chi connectivity index (χ1) is 36.8. The Hall–Kier alpha value is -5.32. The minimum absolute atomic E-state index is 0.0445. The van der Waals surface area contributed by atoms with E-state index in [2.05, 4.69) is 113 Å². The van der Waals surface area contributed by atoms with Crippen molar-refractivity contribution < 1.29 is 28.7 Å². The van der Waals surface area contributed by atoms with Crippen molar-refractivity contribution in [2.75, 3.05) is 5.32 Å². The third-order valence-electron chi connectivity index (χ3n) is 19.3. The lowest BCUT2D eigenvalue weighted by atomic mass is 9.59. The van der Waals surface area contributed by atoms with Crippen LogP contribution in [0.4, 0.5) is 11.6 Å². The number of hydrogen-bond donors (Lipinski definition) is 3. The molecule has 0 saturated heterocycles. The van der Waals surface area contributed by atoms with Gasteiger partial charge in [0.2, 0.25) is 11.8 Å². The minimum atomic E-state index is -0.736. The van der Waals surface area contributed by atoms with Gasteiger partial charge in [-0.1, -0.05) is 199 Å². The molecule has 2 aromatic carbocycles. The molecule has 4 unspecified atom stereocenters. The zero-order valence-corrected chi connectivity index (χ0v) is 52.3. The Morgan fingerprint density at radius 2 is 0.911 bits per heavy atom. The largest absolute Gasteiger partial charge is 0.458 e. The van der Waals surface area contributed by atoms with E-state index in [1.54, 1.807) is 0 Å². The number of anilines is 1. The van der Waals surface area contributed by atoms with Gasteiger partial charge in [-0.05, 0) is 109 Å². The summed E-state index contributed by atoms with van der Waals surface area (Å²) in [5.41, 5.74) is 0.142. The molecule has 11 heteroatoms. The number of rotatable bonds is 16. The highest BCUT2D eigenvalue weighted by molar-refractivity contribution is 6.45. The fourth-order valence-corrected chi connectivity index (χ4v) is 13.6. The first kappa shape index (κ1) is 62.9. The number of nitrogens with zero attached hydrogens (tertiary/aromatic N) is 2. The number of nitrogens with one attached hydrogen (secondary N) is 3. The van der Waals surface area contributed by atoms with Crippen molar-refractivity contribution in [1.82, 2.24) is 10.3 Å². The van der Waals surface area contributed by atoms with Gasteiger partial charge in [0.05, 0.1) is 0 Å². The number of aromatic nitrogens is 1. The summed E-state index contributed by atoms with van der Waals surface area (Å²) < 4.78 is 14.1. The van der Waals surface area contributed by atoms with Crippen molar-refractivity contribution in [2.24, 2.45) is 78.0 Å². The van der Waals surface area contributed by atoms with E-state index in [1.165, 1.54) is 0 Å². The smallest absolute Gasteiger partial charge is 0.343 e. The molecule has 6 rings (SSSR count). The van der Waals surface area contributed by atoms with Gasteiger partial charge < -0.3 is 25.1 Å². The molecule has 2 aliphatic carbocycles. The summed E-state index contributed by atoms with van der Waals surface area (Å²) in [6.45, 7) is 43.5. The van der Waals surface area contributed by atoms with Crippen molar-refractivity contribution in [3.63, 3.8) is 0 Å². The quantitative estimate of drug-likeness (QED) is 0.122. The van der Waals surface area contributed by atoms with Crippen molar-refractivity contribution >= 4 is 52.6 Å². The number of esters is 2. The predicted octanol–water partition coefficient (Wildman–Crippen LogP) is 17.0. The zero-order valence-electron chi connectivity index (χ0n) is 52.3. The highest BCUT2D eigenvalue weighted by Crippen LogP contribution is 2.53. The summed E-state index contributed by atoms with van der Waals surface area (Å²) >= 11 is 0. The average Bonchev–Trinajstić information content (AvgIpc) is 3.99. The number of amides is 2. The molecule has 3 aliphatic rings. The normalized spacial score (nSPS) is 24.1. The summed E-state index contributed by atoms with van der Waals surface area (Å²) in [5, 5.41) is 6.45. The topological polar surface area (TPSA) is 151 Å². The second-order valence-corrected chi connectivity index (χ2v) is 28.3. The van der Waals surface area contributed by atoms with E-state index in [0.29, 0.717) is 72.6 Å². The Bertz CT molecular complexity index is 2670. The van der Waals surface area contributed by atoms with Crippen molar-refractivity contribution in [3.05, 3.63) is 77.4 Å². The van der Waals surface area contributed by atoms with E-state index in [0.717, 1.165) is 25.7 Å². The van der Waals surface area contributed by atoms with Crippen molar-refractivity contribution in [3.8, 4) is 11.1 Å². The maximum absolute atomic E-state index is 15.8. The van der Waals surface area contributed by atoms with Crippen LogP contribution in [0.2, 0.25) is 0 Å². The highest BCUT2D eigenvalue weighted by atomic mass is 16.5. The lowest BCUT2D eigenvalue weighted by Gasteiger charge is -2.50. The minimum Gasteiger partial charge on any atom is -0.458 e. The number of H-pyrrole nitrogens is 1. The van der Waals surface area contributed by atoms with Crippen LogP contribution in [-0.4, -0.2) is 52.6 Å². The van der Waals surface area contributed by atoms with E-state index in [9.17, 15) is 9.59 Å². The number of carbonyl (C=O) groups excluding carboxylic acids is 4.